The van der Waals surface area contributed by atoms with Gasteiger partial charge in [0.15, 0.2) is 6.29 Å². The van der Waals surface area contributed by atoms with E-state index in [0.29, 0.717) is 19.6 Å². The molecule has 0 aromatic carbocycles. The van der Waals surface area contributed by atoms with Gasteiger partial charge in [-0.1, -0.05) is 13.8 Å². The maximum atomic E-state index is 10.5. The molecule has 1 saturated heterocycles. The SMILES string of the molecule is CC(C)(C=O)CC1OCCO1. The second-order valence-corrected chi connectivity index (χ2v) is 3.48. The van der Waals surface area contributed by atoms with Gasteiger partial charge in [0, 0.05) is 11.8 Å². The van der Waals surface area contributed by atoms with Crippen LogP contribution in [0.3, 0.4) is 0 Å². The van der Waals surface area contributed by atoms with Gasteiger partial charge in [0.1, 0.15) is 6.29 Å². The quantitative estimate of drug-likeness (QED) is 0.574. The Morgan fingerprint density at radius 1 is 1.45 bits per heavy atom. The zero-order valence-electron chi connectivity index (χ0n) is 7.00. The first-order valence-corrected chi connectivity index (χ1v) is 3.83. The van der Waals surface area contributed by atoms with E-state index in [2.05, 4.69) is 0 Å². The summed E-state index contributed by atoms with van der Waals surface area (Å²) in [6.07, 6.45) is 1.42. The van der Waals surface area contributed by atoms with Gasteiger partial charge in [0.2, 0.25) is 0 Å². The molecule has 1 fully saturated rings. The molecule has 0 unspecified atom stereocenters. The molecule has 3 nitrogen and oxygen atoms in total. The van der Waals surface area contributed by atoms with Crippen molar-refractivity contribution < 1.29 is 14.3 Å². The van der Waals surface area contributed by atoms with Gasteiger partial charge in [-0.2, -0.15) is 0 Å². The molecule has 3 heteroatoms. The molecule has 0 spiro atoms. The maximum Gasteiger partial charge on any atom is 0.158 e. The van der Waals surface area contributed by atoms with Crippen molar-refractivity contribution >= 4 is 6.29 Å². The predicted molar refractivity (Wildman–Crippen MR) is 40.2 cm³/mol. The zero-order valence-corrected chi connectivity index (χ0v) is 7.00. The van der Waals surface area contributed by atoms with Gasteiger partial charge in [0.05, 0.1) is 13.2 Å². The Kier molecular flexibility index (Phi) is 2.62. The number of hydrogen-bond acceptors (Lipinski definition) is 3. The number of carbonyl (C=O) groups excluding carboxylic acids is 1. The van der Waals surface area contributed by atoms with E-state index >= 15 is 0 Å². The van der Waals surface area contributed by atoms with Crippen LogP contribution in [0.4, 0.5) is 0 Å². The molecule has 64 valence electrons. The van der Waals surface area contributed by atoms with Gasteiger partial charge in [-0.05, 0) is 0 Å². The fraction of sp³-hybridized carbons (Fsp3) is 0.875. The molecule has 1 aliphatic heterocycles. The van der Waals surface area contributed by atoms with Gasteiger partial charge >= 0.3 is 0 Å². The van der Waals surface area contributed by atoms with Crippen molar-refractivity contribution in [3.63, 3.8) is 0 Å². The third-order valence-electron chi connectivity index (χ3n) is 1.70. The van der Waals surface area contributed by atoms with Crippen LogP contribution in [0.25, 0.3) is 0 Å². The van der Waals surface area contributed by atoms with Gasteiger partial charge in [-0.15, -0.1) is 0 Å². The Balaban J connectivity index is 2.33. The van der Waals surface area contributed by atoms with Crippen molar-refractivity contribution in [1.82, 2.24) is 0 Å². The average Bonchev–Trinajstić information content (AvgIpc) is 2.39. The number of rotatable bonds is 3. The maximum absolute atomic E-state index is 10.5. The Bertz CT molecular complexity index is 136. The standard InChI is InChI=1S/C8H14O3/c1-8(2,6-9)5-7-10-3-4-11-7/h6-7H,3-5H2,1-2H3. The minimum absolute atomic E-state index is 0.171. The molecular weight excluding hydrogens is 144 g/mol. The lowest BCUT2D eigenvalue weighted by Crippen LogP contribution is -2.22. The summed E-state index contributed by atoms with van der Waals surface area (Å²) in [6, 6.07) is 0. The fourth-order valence-electron chi connectivity index (χ4n) is 1.00. The van der Waals surface area contributed by atoms with Crippen LogP contribution in [0, 0.1) is 5.41 Å². The van der Waals surface area contributed by atoms with E-state index in [4.69, 9.17) is 9.47 Å². The summed E-state index contributed by atoms with van der Waals surface area (Å²) in [4.78, 5) is 10.5. The normalized spacial score (nSPS) is 20.5. The largest absolute Gasteiger partial charge is 0.350 e. The van der Waals surface area contributed by atoms with E-state index < -0.39 is 0 Å². The third-order valence-corrected chi connectivity index (χ3v) is 1.70. The second kappa shape index (κ2) is 3.32. The molecule has 0 atom stereocenters. The van der Waals surface area contributed by atoms with Gasteiger partial charge in [0.25, 0.3) is 0 Å². The van der Waals surface area contributed by atoms with Crippen LogP contribution < -0.4 is 0 Å². The van der Waals surface area contributed by atoms with Crippen molar-refractivity contribution in [2.45, 2.75) is 26.6 Å². The number of ether oxygens (including phenoxy) is 2. The first-order chi connectivity index (χ1) is 5.14. The van der Waals surface area contributed by atoms with E-state index in [1.165, 1.54) is 0 Å². The smallest absolute Gasteiger partial charge is 0.158 e. The summed E-state index contributed by atoms with van der Waals surface area (Å²) in [5, 5.41) is 0. The van der Waals surface area contributed by atoms with Gasteiger partial charge in [-0.3, -0.25) is 0 Å². The summed E-state index contributed by atoms with van der Waals surface area (Å²) in [7, 11) is 0. The highest BCUT2D eigenvalue weighted by molar-refractivity contribution is 5.57. The molecule has 1 aliphatic rings. The highest BCUT2D eigenvalue weighted by Gasteiger charge is 2.26. The summed E-state index contributed by atoms with van der Waals surface area (Å²) in [6.45, 7) is 5.06. The summed E-state index contributed by atoms with van der Waals surface area (Å²) >= 11 is 0. The first kappa shape index (κ1) is 8.68. The number of aldehydes is 1. The van der Waals surface area contributed by atoms with Crippen LogP contribution in [-0.2, 0) is 14.3 Å². The molecule has 0 radical (unpaired) electrons. The van der Waals surface area contributed by atoms with Gasteiger partial charge < -0.3 is 14.3 Å². The van der Waals surface area contributed by atoms with E-state index in [0.717, 1.165) is 6.29 Å². The zero-order chi connectivity index (χ0) is 8.32. The Morgan fingerprint density at radius 3 is 2.45 bits per heavy atom. The van der Waals surface area contributed by atoms with Crippen molar-refractivity contribution in [3.05, 3.63) is 0 Å². The second-order valence-electron chi connectivity index (χ2n) is 3.48. The van der Waals surface area contributed by atoms with Crippen LogP contribution in [-0.4, -0.2) is 25.8 Å². The van der Waals surface area contributed by atoms with Crippen molar-refractivity contribution in [2.24, 2.45) is 5.41 Å². The van der Waals surface area contributed by atoms with Crippen LogP contribution in [0.15, 0.2) is 0 Å². The van der Waals surface area contributed by atoms with E-state index in [1.807, 2.05) is 13.8 Å². The minimum atomic E-state index is -0.324. The molecule has 1 heterocycles. The lowest BCUT2D eigenvalue weighted by molar-refractivity contribution is -0.121. The molecular formula is C8H14O3. The first-order valence-electron chi connectivity index (χ1n) is 3.83. The Labute approximate surface area is 66.7 Å². The van der Waals surface area contributed by atoms with E-state index in [1.54, 1.807) is 0 Å². The molecule has 1 rings (SSSR count). The lowest BCUT2D eigenvalue weighted by atomic mass is 9.91. The molecule has 0 aliphatic carbocycles. The number of carbonyl (C=O) groups is 1. The van der Waals surface area contributed by atoms with E-state index in [9.17, 15) is 4.79 Å². The van der Waals surface area contributed by atoms with Crippen LogP contribution >= 0.6 is 0 Å². The molecule has 11 heavy (non-hydrogen) atoms. The molecule has 0 aromatic heterocycles. The lowest BCUT2D eigenvalue weighted by Gasteiger charge is -2.19. The summed E-state index contributed by atoms with van der Waals surface area (Å²) in [5.41, 5.74) is -0.324. The Hall–Kier alpha value is -0.410. The van der Waals surface area contributed by atoms with Crippen LogP contribution in [0.2, 0.25) is 0 Å². The topological polar surface area (TPSA) is 35.5 Å². The fourth-order valence-corrected chi connectivity index (χ4v) is 1.00. The monoisotopic (exact) mass is 158 g/mol. The number of hydrogen-bond donors (Lipinski definition) is 0. The highest BCUT2D eigenvalue weighted by Crippen LogP contribution is 2.23. The molecule has 0 aromatic rings. The molecule has 0 N–H and O–H groups in total. The summed E-state index contributed by atoms with van der Waals surface area (Å²) < 4.78 is 10.4. The van der Waals surface area contributed by atoms with Crippen LogP contribution in [0.5, 0.6) is 0 Å². The molecule has 0 bridgehead atoms. The van der Waals surface area contributed by atoms with Crippen molar-refractivity contribution in [3.8, 4) is 0 Å². The third kappa shape index (κ3) is 2.60. The molecule has 0 saturated carbocycles. The van der Waals surface area contributed by atoms with Crippen LogP contribution in [0.1, 0.15) is 20.3 Å². The van der Waals surface area contributed by atoms with Crippen molar-refractivity contribution in [2.75, 3.05) is 13.2 Å². The molecule has 0 amide bonds. The Morgan fingerprint density at radius 2 is 2.00 bits per heavy atom. The van der Waals surface area contributed by atoms with Crippen molar-refractivity contribution in [1.29, 1.82) is 0 Å². The minimum Gasteiger partial charge on any atom is -0.350 e. The average molecular weight is 158 g/mol. The highest BCUT2D eigenvalue weighted by atomic mass is 16.7. The predicted octanol–water partition coefficient (Wildman–Crippen LogP) is 0.974. The summed E-state index contributed by atoms with van der Waals surface area (Å²) in [5.74, 6) is 0. The van der Waals surface area contributed by atoms with E-state index in [-0.39, 0.29) is 11.7 Å². The van der Waals surface area contributed by atoms with Gasteiger partial charge in [-0.25, -0.2) is 0 Å².